The quantitative estimate of drug-likeness (QED) is 0.822. The van der Waals surface area contributed by atoms with Gasteiger partial charge in [-0.15, -0.1) is 5.10 Å². The van der Waals surface area contributed by atoms with Crippen LogP contribution in [0.25, 0.3) is 0 Å². The molecule has 2 atom stereocenters. The van der Waals surface area contributed by atoms with Crippen LogP contribution in [0.4, 0.5) is 5.95 Å². The first-order valence-corrected chi connectivity index (χ1v) is 10.0. The van der Waals surface area contributed by atoms with Gasteiger partial charge in [0.05, 0.1) is 12.0 Å². The molecule has 1 aromatic heterocycles. The minimum Gasteiger partial charge on any atom is -0.328 e. The Balaban J connectivity index is 1.90. The molecule has 1 aromatic carbocycles. The molecule has 0 unspecified atom stereocenters. The van der Waals surface area contributed by atoms with Crippen LogP contribution in [0.3, 0.4) is 0 Å². The lowest BCUT2D eigenvalue weighted by Gasteiger charge is -2.40. The van der Waals surface area contributed by atoms with E-state index < -0.39 is 0 Å². The van der Waals surface area contributed by atoms with Gasteiger partial charge in [-0.3, -0.25) is 4.79 Å². The zero-order valence-corrected chi connectivity index (χ0v) is 16.4. The molecule has 1 N–H and O–H groups in total. The SMILES string of the molecule is CCSc1nc2n(n1)[C@H](c1cccc(C)c1)[C@H]1C(=O)CC(C)(C)C=C1N2. The van der Waals surface area contributed by atoms with Crippen molar-refractivity contribution >= 4 is 23.5 Å². The molecule has 2 aliphatic rings. The number of anilines is 1. The van der Waals surface area contributed by atoms with Crippen molar-refractivity contribution in [2.24, 2.45) is 11.3 Å². The monoisotopic (exact) mass is 368 g/mol. The van der Waals surface area contributed by atoms with Crippen LogP contribution in [0.2, 0.25) is 0 Å². The fourth-order valence-corrected chi connectivity index (χ4v) is 4.54. The number of hydrogen-bond donors (Lipinski definition) is 1. The van der Waals surface area contributed by atoms with Gasteiger partial charge in [0.2, 0.25) is 11.1 Å². The van der Waals surface area contributed by atoms with Gasteiger partial charge in [0, 0.05) is 12.1 Å². The van der Waals surface area contributed by atoms with Crippen molar-refractivity contribution in [3.8, 4) is 0 Å². The van der Waals surface area contributed by atoms with Crippen LogP contribution in [0, 0.1) is 18.3 Å². The first-order valence-electron chi connectivity index (χ1n) is 9.06. The zero-order chi connectivity index (χ0) is 18.5. The van der Waals surface area contributed by atoms with E-state index in [9.17, 15) is 4.79 Å². The van der Waals surface area contributed by atoms with Crippen LogP contribution in [0.1, 0.15) is 44.4 Å². The Kier molecular flexibility index (Phi) is 4.18. The van der Waals surface area contributed by atoms with Crippen molar-refractivity contribution in [3.63, 3.8) is 0 Å². The van der Waals surface area contributed by atoms with Crippen molar-refractivity contribution in [1.82, 2.24) is 14.8 Å². The molecule has 5 nitrogen and oxygen atoms in total. The molecule has 0 amide bonds. The molecular formula is C20H24N4OS. The van der Waals surface area contributed by atoms with Gasteiger partial charge in [0.25, 0.3) is 0 Å². The number of nitrogens with one attached hydrogen (secondary N) is 1. The van der Waals surface area contributed by atoms with Gasteiger partial charge < -0.3 is 5.32 Å². The Morgan fingerprint density at radius 2 is 2.19 bits per heavy atom. The molecule has 0 spiro atoms. The van der Waals surface area contributed by atoms with E-state index in [1.807, 2.05) is 10.7 Å². The van der Waals surface area contributed by atoms with Crippen LogP contribution >= 0.6 is 11.8 Å². The molecule has 0 saturated heterocycles. The Morgan fingerprint density at radius 1 is 1.38 bits per heavy atom. The number of allylic oxidation sites excluding steroid dienone is 2. The number of aromatic nitrogens is 3. The van der Waals surface area contributed by atoms with E-state index in [1.54, 1.807) is 11.8 Å². The van der Waals surface area contributed by atoms with Gasteiger partial charge in [-0.2, -0.15) is 4.98 Å². The minimum atomic E-state index is -0.237. The lowest BCUT2D eigenvalue weighted by Crippen LogP contribution is -2.42. The standard InChI is InChI=1S/C20H24N4OS/c1-5-26-19-22-18-21-14-10-20(3,4)11-15(25)16(14)17(24(18)23-19)13-8-6-7-12(2)9-13/h6-10,16-17H,5,11H2,1-4H3,(H,21,22,23)/t16-,17-/m1/s1. The highest BCUT2D eigenvalue weighted by Gasteiger charge is 2.45. The van der Waals surface area contributed by atoms with Crippen molar-refractivity contribution in [3.05, 3.63) is 47.2 Å². The molecular weight excluding hydrogens is 344 g/mol. The second-order valence-corrected chi connectivity index (χ2v) is 9.02. The summed E-state index contributed by atoms with van der Waals surface area (Å²) in [4.78, 5) is 17.8. The molecule has 0 bridgehead atoms. The van der Waals surface area contributed by atoms with Gasteiger partial charge in [0.15, 0.2) is 0 Å². The summed E-state index contributed by atoms with van der Waals surface area (Å²) in [6.45, 7) is 8.38. The Bertz CT molecular complexity index is 899. The van der Waals surface area contributed by atoms with E-state index in [1.165, 1.54) is 5.56 Å². The zero-order valence-electron chi connectivity index (χ0n) is 15.6. The molecule has 1 aliphatic heterocycles. The molecule has 26 heavy (non-hydrogen) atoms. The number of carbonyl (C=O) groups excluding carboxylic acids is 1. The van der Waals surface area contributed by atoms with Crippen LogP contribution in [0.5, 0.6) is 0 Å². The number of rotatable bonds is 3. The van der Waals surface area contributed by atoms with Crippen molar-refractivity contribution in [2.45, 2.75) is 45.3 Å². The largest absolute Gasteiger partial charge is 0.328 e. The molecule has 1 aliphatic carbocycles. The van der Waals surface area contributed by atoms with Crippen molar-refractivity contribution in [1.29, 1.82) is 0 Å². The molecule has 0 saturated carbocycles. The molecule has 136 valence electrons. The normalized spacial score (nSPS) is 23.7. The molecule has 6 heteroatoms. The maximum atomic E-state index is 13.1. The van der Waals surface area contributed by atoms with Crippen molar-refractivity contribution in [2.75, 3.05) is 11.1 Å². The fraction of sp³-hybridized carbons (Fsp3) is 0.450. The van der Waals surface area contributed by atoms with E-state index >= 15 is 0 Å². The number of nitrogens with zero attached hydrogens (tertiary/aromatic N) is 3. The maximum absolute atomic E-state index is 13.1. The van der Waals surface area contributed by atoms with Crippen LogP contribution in [-0.2, 0) is 4.79 Å². The summed E-state index contributed by atoms with van der Waals surface area (Å²) in [6, 6.07) is 8.21. The summed E-state index contributed by atoms with van der Waals surface area (Å²) < 4.78 is 1.91. The average Bonchev–Trinajstić information content (AvgIpc) is 2.94. The van der Waals surface area contributed by atoms with Crippen molar-refractivity contribution < 1.29 is 4.79 Å². The average molecular weight is 369 g/mol. The minimum absolute atomic E-state index is 0.143. The molecule has 0 radical (unpaired) electrons. The third kappa shape index (κ3) is 2.96. The summed E-state index contributed by atoms with van der Waals surface area (Å²) in [5.41, 5.74) is 3.11. The van der Waals surface area contributed by atoms with E-state index in [-0.39, 0.29) is 23.2 Å². The highest BCUT2D eigenvalue weighted by Crippen LogP contribution is 2.45. The second kappa shape index (κ2) is 6.27. The maximum Gasteiger partial charge on any atom is 0.227 e. The summed E-state index contributed by atoms with van der Waals surface area (Å²) in [7, 11) is 0. The van der Waals surface area contributed by atoms with E-state index in [4.69, 9.17) is 5.10 Å². The lowest BCUT2D eigenvalue weighted by molar-refractivity contribution is -0.125. The number of benzene rings is 1. The van der Waals surface area contributed by atoms with Gasteiger partial charge in [-0.05, 0) is 23.7 Å². The number of thioether (sulfide) groups is 1. The highest BCUT2D eigenvalue weighted by atomic mass is 32.2. The van der Waals surface area contributed by atoms with E-state index in [2.05, 4.69) is 62.3 Å². The highest BCUT2D eigenvalue weighted by molar-refractivity contribution is 7.99. The number of fused-ring (bicyclic) bond motifs is 2. The molecule has 0 fully saturated rings. The van der Waals surface area contributed by atoms with E-state index in [0.29, 0.717) is 6.42 Å². The molecule has 2 heterocycles. The Morgan fingerprint density at radius 3 is 2.92 bits per heavy atom. The number of aryl methyl sites for hydroxylation is 1. The topological polar surface area (TPSA) is 59.8 Å². The first-order chi connectivity index (χ1) is 12.4. The van der Waals surface area contributed by atoms with E-state index in [0.717, 1.165) is 28.1 Å². The summed E-state index contributed by atoms with van der Waals surface area (Å²) >= 11 is 1.62. The lowest BCUT2D eigenvalue weighted by atomic mass is 9.72. The fourth-order valence-electron chi connectivity index (χ4n) is 3.99. The van der Waals surface area contributed by atoms with Gasteiger partial charge >= 0.3 is 0 Å². The molecule has 2 aromatic rings. The Hall–Kier alpha value is -2.08. The Labute approximate surface area is 158 Å². The first kappa shape index (κ1) is 17.3. The van der Waals surface area contributed by atoms with Gasteiger partial charge in [-0.1, -0.05) is 68.4 Å². The predicted molar refractivity (Wildman–Crippen MR) is 104 cm³/mol. The van der Waals surface area contributed by atoms with Crippen LogP contribution in [-0.4, -0.2) is 26.3 Å². The summed E-state index contributed by atoms with van der Waals surface area (Å²) in [6.07, 6.45) is 2.75. The third-order valence-electron chi connectivity index (χ3n) is 4.96. The van der Waals surface area contributed by atoms with Gasteiger partial charge in [-0.25, -0.2) is 4.68 Å². The smallest absolute Gasteiger partial charge is 0.227 e. The van der Waals surface area contributed by atoms with Gasteiger partial charge in [0.1, 0.15) is 5.78 Å². The summed E-state index contributed by atoms with van der Waals surface area (Å²) in [5, 5.41) is 8.86. The third-order valence-corrected chi connectivity index (χ3v) is 5.68. The summed E-state index contributed by atoms with van der Waals surface area (Å²) in [5.74, 6) is 1.66. The number of carbonyl (C=O) groups is 1. The number of Topliss-reactive ketones (excluding diaryl/α,β-unsaturated/α-hetero) is 1. The predicted octanol–water partition coefficient (Wildman–Crippen LogP) is 4.21. The molecule has 4 rings (SSSR count). The number of ketones is 1. The number of hydrogen-bond acceptors (Lipinski definition) is 5. The van der Waals surface area contributed by atoms with Crippen LogP contribution < -0.4 is 5.32 Å². The second-order valence-electron chi connectivity index (χ2n) is 7.79. The van der Waals surface area contributed by atoms with Crippen LogP contribution in [0.15, 0.2) is 41.2 Å².